The van der Waals surface area contributed by atoms with Crippen molar-refractivity contribution >= 4 is 10.9 Å². The SMILES string of the molecule is CNC(C)c1cn(C(C)C)c2ccc(C(F)(F)F)cc12. The van der Waals surface area contributed by atoms with E-state index in [1.54, 1.807) is 13.1 Å². The van der Waals surface area contributed by atoms with Gasteiger partial charge in [0.25, 0.3) is 0 Å². The zero-order valence-electron chi connectivity index (χ0n) is 12.0. The first kappa shape index (κ1) is 14.9. The molecule has 2 nitrogen and oxygen atoms in total. The topological polar surface area (TPSA) is 17.0 Å². The summed E-state index contributed by atoms with van der Waals surface area (Å²) in [5, 5.41) is 3.75. The van der Waals surface area contributed by atoms with Crippen LogP contribution in [0.25, 0.3) is 10.9 Å². The molecule has 1 N–H and O–H groups in total. The van der Waals surface area contributed by atoms with Gasteiger partial charge in [0.2, 0.25) is 0 Å². The van der Waals surface area contributed by atoms with Crippen LogP contribution in [0.5, 0.6) is 0 Å². The Morgan fingerprint density at radius 1 is 1.15 bits per heavy atom. The molecule has 2 aromatic rings. The van der Waals surface area contributed by atoms with E-state index in [2.05, 4.69) is 5.32 Å². The van der Waals surface area contributed by atoms with Crippen LogP contribution in [-0.2, 0) is 6.18 Å². The fraction of sp³-hybridized carbons (Fsp3) is 0.467. The number of aromatic nitrogens is 1. The zero-order valence-corrected chi connectivity index (χ0v) is 12.0. The van der Waals surface area contributed by atoms with Crippen LogP contribution >= 0.6 is 0 Å². The highest BCUT2D eigenvalue weighted by Crippen LogP contribution is 2.35. The van der Waals surface area contributed by atoms with Crippen molar-refractivity contribution in [2.45, 2.75) is 39.0 Å². The molecule has 5 heteroatoms. The average Bonchev–Trinajstić information content (AvgIpc) is 2.75. The first-order valence-corrected chi connectivity index (χ1v) is 6.64. The predicted octanol–water partition coefficient (Wildman–Crippen LogP) is 4.52. The fourth-order valence-electron chi connectivity index (χ4n) is 2.39. The van der Waals surface area contributed by atoms with Crippen LogP contribution in [0.15, 0.2) is 24.4 Å². The van der Waals surface area contributed by atoms with Gasteiger partial charge in [-0.2, -0.15) is 13.2 Å². The summed E-state index contributed by atoms with van der Waals surface area (Å²) in [6, 6.07) is 4.16. The maximum absolute atomic E-state index is 12.9. The van der Waals surface area contributed by atoms with Gasteiger partial charge in [-0.05, 0) is 51.6 Å². The number of rotatable bonds is 3. The van der Waals surface area contributed by atoms with Crippen molar-refractivity contribution in [3.63, 3.8) is 0 Å². The Kier molecular flexibility index (Phi) is 3.82. The lowest BCUT2D eigenvalue weighted by Gasteiger charge is -2.11. The minimum Gasteiger partial charge on any atom is -0.345 e. The number of halogens is 3. The lowest BCUT2D eigenvalue weighted by molar-refractivity contribution is -0.137. The molecule has 2 rings (SSSR count). The molecular formula is C15H19F3N2. The third kappa shape index (κ3) is 2.54. The molecule has 1 aromatic carbocycles. The summed E-state index contributed by atoms with van der Waals surface area (Å²) in [7, 11) is 1.80. The molecule has 0 aliphatic heterocycles. The molecule has 0 amide bonds. The Labute approximate surface area is 116 Å². The highest BCUT2D eigenvalue weighted by molar-refractivity contribution is 5.85. The largest absolute Gasteiger partial charge is 0.416 e. The van der Waals surface area contributed by atoms with E-state index in [1.165, 1.54) is 6.07 Å². The second-order valence-corrected chi connectivity index (χ2v) is 5.33. The predicted molar refractivity (Wildman–Crippen MR) is 74.8 cm³/mol. The van der Waals surface area contributed by atoms with Crippen LogP contribution < -0.4 is 5.32 Å². The van der Waals surface area contributed by atoms with E-state index in [0.29, 0.717) is 5.39 Å². The van der Waals surface area contributed by atoms with Crippen molar-refractivity contribution in [1.82, 2.24) is 9.88 Å². The third-order valence-corrected chi connectivity index (χ3v) is 3.65. The van der Waals surface area contributed by atoms with Gasteiger partial charge in [-0.25, -0.2) is 0 Å². The third-order valence-electron chi connectivity index (χ3n) is 3.65. The van der Waals surface area contributed by atoms with Crippen molar-refractivity contribution in [1.29, 1.82) is 0 Å². The molecule has 1 heterocycles. The van der Waals surface area contributed by atoms with E-state index in [-0.39, 0.29) is 12.1 Å². The molecule has 0 bridgehead atoms. The van der Waals surface area contributed by atoms with Gasteiger partial charge in [0.05, 0.1) is 5.56 Å². The van der Waals surface area contributed by atoms with Crippen LogP contribution in [-0.4, -0.2) is 11.6 Å². The summed E-state index contributed by atoms with van der Waals surface area (Å²) < 4.78 is 40.6. The number of hydrogen-bond acceptors (Lipinski definition) is 1. The Morgan fingerprint density at radius 2 is 1.80 bits per heavy atom. The number of hydrogen-bond donors (Lipinski definition) is 1. The fourth-order valence-corrected chi connectivity index (χ4v) is 2.39. The lowest BCUT2D eigenvalue weighted by atomic mass is 10.0. The van der Waals surface area contributed by atoms with E-state index in [1.807, 2.05) is 31.5 Å². The first-order valence-electron chi connectivity index (χ1n) is 6.64. The summed E-state index contributed by atoms with van der Waals surface area (Å²) in [5.41, 5.74) is 1.13. The molecule has 0 radical (unpaired) electrons. The molecule has 1 atom stereocenters. The maximum Gasteiger partial charge on any atom is 0.416 e. The molecule has 0 fully saturated rings. The highest BCUT2D eigenvalue weighted by Gasteiger charge is 2.31. The molecule has 0 saturated heterocycles. The molecule has 1 unspecified atom stereocenters. The zero-order chi connectivity index (χ0) is 15.1. The molecule has 1 aromatic heterocycles. The maximum atomic E-state index is 12.9. The summed E-state index contributed by atoms with van der Waals surface area (Å²) in [6.07, 6.45) is -2.37. The number of alkyl halides is 3. The number of fused-ring (bicyclic) bond motifs is 1. The molecule has 110 valence electrons. The van der Waals surface area contributed by atoms with E-state index < -0.39 is 11.7 Å². The van der Waals surface area contributed by atoms with Gasteiger partial charge < -0.3 is 9.88 Å². The van der Waals surface area contributed by atoms with Crippen molar-refractivity contribution in [3.8, 4) is 0 Å². The minimum absolute atomic E-state index is 0.000911. The van der Waals surface area contributed by atoms with Gasteiger partial charge in [0.1, 0.15) is 0 Å². The molecule has 0 saturated carbocycles. The molecule has 0 spiro atoms. The van der Waals surface area contributed by atoms with Gasteiger partial charge in [0, 0.05) is 29.2 Å². The Balaban J connectivity index is 2.71. The molecule has 20 heavy (non-hydrogen) atoms. The normalized spacial score (nSPS) is 14.2. The van der Waals surface area contributed by atoms with Gasteiger partial charge >= 0.3 is 6.18 Å². The van der Waals surface area contributed by atoms with Gasteiger partial charge in [-0.15, -0.1) is 0 Å². The summed E-state index contributed by atoms with van der Waals surface area (Å²) >= 11 is 0. The van der Waals surface area contributed by atoms with Crippen molar-refractivity contribution in [2.75, 3.05) is 7.05 Å². The number of nitrogens with zero attached hydrogens (tertiary/aromatic N) is 1. The molecule has 0 aliphatic rings. The second-order valence-electron chi connectivity index (χ2n) is 5.33. The van der Waals surface area contributed by atoms with Gasteiger partial charge in [0.15, 0.2) is 0 Å². The van der Waals surface area contributed by atoms with Crippen LogP contribution in [0.4, 0.5) is 13.2 Å². The Morgan fingerprint density at radius 3 is 2.30 bits per heavy atom. The standard InChI is InChI=1S/C15H19F3N2/c1-9(2)20-8-13(10(3)19-4)12-7-11(15(16,17)18)5-6-14(12)20/h5-10,19H,1-4H3. The summed E-state index contributed by atoms with van der Waals surface area (Å²) in [6.45, 7) is 5.98. The van der Waals surface area contributed by atoms with Gasteiger partial charge in [-0.3, -0.25) is 0 Å². The van der Waals surface area contributed by atoms with E-state index in [0.717, 1.165) is 17.1 Å². The Hall–Kier alpha value is -1.49. The van der Waals surface area contributed by atoms with Crippen LogP contribution in [0.2, 0.25) is 0 Å². The quantitative estimate of drug-likeness (QED) is 0.876. The van der Waals surface area contributed by atoms with E-state index >= 15 is 0 Å². The van der Waals surface area contributed by atoms with Crippen LogP contribution in [0.3, 0.4) is 0 Å². The monoisotopic (exact) mass is 284 g/mol. The first-order chi connectivity index (χ1) is 9.25. The molecular weight excluding hydrogens is 265 g/mol. The van der Waals surface area contributed by atoms with E-state index in [4.69, 9.17) is 0 Å². The number of benzene rings is 1. The van der Waals surface area contributed by atoms with Crippen molar-refractivity contribution in [3.05, 3.63) is 35.5 Å². The lowest BCUT2D eigenvalue weighted by Crippen LogP contribution is -2.12. The minimum atomic E-state index is -4.31. The van der Waals surface area contributed by atoms with Crippen molar-refractivity contribution < 1.29 is 13.2 Å². The highest BCUT2D eigenvalue weighted by atomic mass is 19.4. The van der Waals surface area contributed by atoms with Crippen LogP contribution in [0, 0.1) is 0 Å². The molecule has 0 aliphatic carbocycles. The smallest absolute Gasteiger partial charge is 0.345 e. The van der Waals surface area contributed by atoms with Gasteiger partial charge in [-0.1, -0.05) is 0 Å². The second kappa shape index (κ2) is 5.13. The van der Waals surface area contributed by atoms with E-state index in [9.17, 15) is 13.2 Å². The average molecular weight is 284 g/mol. The summed E-state index contributed by atoms with van der Waals surface area (Å²) in [4.78, 5) is 0. The van der Waals surface area contributed by atoms with Crippen LogP contribution in [0.1, 0.15) is 44.0 Å². The van der Waals surface area contributed by atoms with Crippen molar-refractivity contribution in [2.24, 2.45) is 0 Å². The number of nitrogens with one attached hydrogen (secondary N) is 1. The summed E-state index contributed by atoms with van der Waals surface area (Å²) in [5.74, 6) is 0. The Bertz CT molecular complexity index is 611.